The van der Waals surface area contributed by atoms with Gasteiger partial charge in [0.25, 0.3) is 10.1 Å². The average molecular weight is 272 g/mol. The Morgan fingerprint density at radius 1 is 1.17 bits per heavy atom. The highest BCUT2D eigenvalue weighted by molar-refractivity contribution is 7.86. The molecule has 1 aromatic carbocycles. The Hall–Kier alpha value is -0.940. The molecule has 1 aliphatic carbocycles. The summed E-state index contributed by atoms with van der Waals surface area (Å²) in [6.07, 6.45) is 0.449. The van der Waals surface area contributed by atoms with Crippen LogP contribution in [0.5, 0.6) is 0 Å². The van der Waals surface area contributed by atoms with E-state index in [2.05, 4.69) is 0 Å². The third-order valence-corrected chi connectivity index (χ3v) is 4.53. The van der Waals surface area contributed by atoms with Crippen LogP contribution in [0.15, 0.2) is 29.2 Å². The maximum absolute atomic E-state index is 13.6. The van der Waals surface area contributed by atoms with E-state index in [0.717, 1.165) is 18.4 Å². The lowest BCUT2D eigenvalue weighted by Crippen LogP contribution is -2.31. The van der Waals surface area contributed by atoms with Crippen molar-refractivity contribution >= 4 is 10.1 Å². The molecule has 0 amide bonds. The molecule has 0 unspecified atom stereocenters. The Bertz CT molecular complexity index is 495. The molecule has 2 atom stereocenters. The third kappa shape index (κ3) is 3.09. The molecule has 5 heteroatoms. The van der Waals surface area contributed by atoms with E-state index < -0.39 is 22.4 Å². The minimum atomic E-state index is -3.85. The van der Waals surface area contributed by atoms with Gasteiger partial charge in [-0.15, -0.1) is 0 Å². The van der Waals surface area contributed by atoms with Gasteiger partial charge in [-0.2, -0.15) is 8.42 Å². The van der Waals surface area contributed by atoms with Crippen molar-refractivity contribution in [2.75, 3.05) is 0 Å². The minimum Gasteiger partial charge on any atom is -0.260 e. The van der Waals surface area contributed by atoms with Gasteiger partial charge in [0.1, 0.15) is 12.3 Å². The minimum absolute atomic E-state index is 0.0888. The summed E-state index contributed by atoms with van der Waals surface area (Å²) >= 11 is 0. The van der Waals surface area contributed by atoms with E-state index in [9.17, 15) is 12.8 Å². The van der Waals surface area contributed by atoms with Crippen molar-refractivity contribution in [1.82, 2.24) is 0 Å². The third-order valence-electron chi connectivity index (χ3n) is 3.18. The summed E-state index contributed by atoms with van der Waals surface area (Å²) in [4.78, 5) is 0.0888. The lowest BCUT2D eigenvalue weighted by Gasteiger charge is -2.25. The number of rotatable bonds is 3. The van der Waals surface area contributed by atoms with Crippen molar-refractivity contribution in [3.8, 4) is 0 Å². The fraction of sp³-hybridized carbons (Fsp3) is 0.538. The van der Waals surface area contributed by atoms with E-state index in [1.807, 2.05) is 6.92 Å². The Morgan fingerprint density at radius 3 is 2.39 bits per heavy atom. The first-order chi connectivity index (χ1) is 8.49. The van der Waals surface area contributed by atoms with Gasteiger partial charge in [-0.05, 0) is 31.9 Å². The van der Waals surface area contributed by atoms with Gasteiger partial charge in [-0.1, -0.05) is 30.5 Å². The molecule has 0 heterocycles. The van der Waals surface area contributed by atoms with Gasteiger partial charge < -0.3 is 0 Å². The van der Waals surface area contributed by atoms with Crippen molar-refractivity contribution in [3.63, 3.8) is 0 Å². The van der Waals surface area contributed by atoms with Gasteiger partial charge in [0.05, 0.1) is 4.90 Å². The predicted molar refractivity (Wildman–Crippen MR) is 66.6 cm³/mol. The van der Waals surface area contributed by atoms with Crippen LogP contribution >= 0.6 is 0 Å². The standard InChI is InChI=1S/C13H17FO3S/c1-10-6-8-11(9-7-10)18(15,16)17-13-5-3-2-4-12(13)14/h6-9,12-13H,2-5H2,1H3/t12-,13-/m1/s1. The zero-order chi connectivity index (χ0) is 13.2. The molecule has 3 nitrogen and oxygen atoms in total. The largest absolute Gasteiger partial charge is 0.297 e. The number of benzene rings is 1. The van der Waals surface area contributed by atoms with Crippen molar-refractivity contribution in [3.05, 3.63) is 29.8 Å². The highest BCUT2D eigenvalue weighted by Crippen LogP contribution is 2.27. The number of halogens is 1. The summed E-state index contributed by atoms with van der Waals surface area (Å²) in [5, 5.41) is 0. The molecule has 2 rings (SSSR count). The highest BCUT2D eigenvalue weighted by Gasteiger charge is 2.30. The molecular formula is C13H17FO3S. The van der Waals surface area contributed by atoms with E-state index in [0.29, 0.717) is 12.8 Å². The number of aryl methyl sites for hydroxylation is 1. The fourth-order valence-corrected chi connectivity index (χ4v) is 3.21. The lowest BCUT2D eigenvalue weighted by molar-refractivity contribution is 0.0689. The topological polar surface area (TPSA) is 43.4 Å². The zero-order valence-corrected chi connectivity index (χ0v) is 11.1. The van der Waals surface area contributed by atoms with Gasteiger partial charge in [-0.3, -0.25) is 4.18 Å². The zero-order valence-electron chi connectivity index (χ0n) is 10.3. The number of hydrogen-bond acceptors (Lipinski definition) is 3. The van der Waals surface area contributed by atoms with Crippen LogP contribution in [0.3, 0.4) is 0 Å². The number of alkyl halides is 1. The molecule has 0 N–H and O–H groups in total. The Balaban J connectivity index is 2.13. The Morgan fingerprint density at radius 2 is 1.78 bits per heavy atom. The van der Waals surface area contributed by atoms with Crippen molar-refractivity contribution in [1.29, 1.82) is 0 Å². The maximum Gasteiger partial charge on any atom is 0.297 e. The summed E-state index contributed by atoms with van der Waals surface area (Å²) < 4.78 is 42.5. The normalized spacial score (nSPS) is 25.0. The van der Waals surface area contributed by atoms with E-state index in [-0.39, 0.29) is 4.90 Å². The quantitative estimate of drug-likeness (QED) is 0.794. The van der Waals surface area contributed by atoms with E-state index in [4.69, 9.17) is 4.18 Å². The first kappa shape index (κ1) is 13.5. The van der Waals surface area contributed by atoms with Crippen LogP contribution in [-0.2, 0) is 14.3 Å². The van der Waals surface area contributed by atoms with Crippen molar-refractivity contribution in [2.24, 2.45) is 0 Å². The molecule has 0 aromatic heterocycles. The van der Waals surface area contributed by atoms with Crippen molar-refractivity contribution < 1.29 is 17.0 Å². The number of hydrogen-bond donors (Lipinski definition) is 0. The summed E-state index contributed by atoms with van der Waals surface area (Å²) in [6.45, 7) is 1.87. The van der Waals surface area contributed by atoms with Crippen LogP contribution in [0.1, 0.15) is 31.2 Å². The molecule has 1 aromatic rings. The second kappa shape index (κ2) is 5.36. The van der Waals surface area contributed by atoms with E-state index >= 15 is 0 Å². The van der Waals surface area contributed by atoms with E-state index in [1.165, 1.54) is 12.1 Å². The summed E-state index contributed by atoms with van der Waals surface area (Å²) in [6, 6.07) is 6.37. The molecule has 0 aliphatic heterocycles. The second-order valence-corrected chi connectivity index (χ2v) is 6.27. The molecule has 1 saturated carbocycles. The molecular weight excluding hydrogens is 255 g/mol. The van der Waals surface area contributed by atoms with Crippen molar-refractivity contribution in [2.45, 2.75) is 49.8 Å². The van der Waals surface area contributed by atoms with Gasteiger partial charge in [-0.25, -0.2) is 4.39 Å². The Kier molecular flexibility index (Phi) is 4.02. The molecule has 1 fully saturated rings. The molecule has 100 valence electrons. The first-order valence-corrected chi connectivity index (χ1v) is 7.54. The predicted octanol–water partition coefficient (Wildman–Crippen LogP) is 2.98. The molecule has 1 aliphatic rings. The summed E-state index contributed by atoms with van der Waals surface area (Å²) in [5.41, 5.74) is 0.968. The van der Waals surface area contributed by atoms with E-state index in [1.54, 1.807) is 12.1 Å². The maximum atomic E-state index is 13.6. The van der Waals surface area contributed by atoms with Gasteiger partial charge in [0, 0.05) is 0 Å². The van der Waals surface area contributed by atoms with Crippen LogP contribution in [0, 0.1) is 6.92 Å². The SMILES string of the molecule is Cc1ccc(S(=O)(=O)O[C@@H]2CCCC[C@H]2F)cc1. The first-order valence-electron chi connectivity index (χ1n) is 6.13. The Labute approximate surface area is 107 Å². The van der Waals surface area contributed by atoms with Crippen LogP contribution in [0.25, 0.3) is 0 Å². The summed E-state index contributed by atoms with van der Waals surface area (Å²) in [5.74, 6) is 0. The molecule has 0 saturated heterocycles. The highest BCUT2D eigenvalue weighted by atomic mass is 32.2. The monoisotopic (exact) mass is 272 g/mol. The van der Waals surface area contributed by atoms with Gasteiger partial charge in [0.2, 0.25) is 0 Å². The fourth-order valence-electron chi connectivity index (χ4n) is 2.08. The summed E-state index contributed by atoms with van der Waals surface area (Å²) in [7, 11) is -3.85. The van der Waals surface area contributed by atoms with Crippen LogP contribution in [0.4, 0.5) is 4.39 Å². The average Bonchev–Trinajstić information content (AvgIpc) is 2.32. The lowest BCUT2D eigenvalue weighted by atomic mass is 9.96. The second-order valence-electron chi connectivity index (χ2n) is 4.70. The molecule has 0 spiro atoms. The van der Waals surface area contributed by atoms with Gasteiger partial charge >= 0.3 is 0 Å². The van der Waals surface area contributed by atoms with Gasteiger partial charge in [0.15, 0.2) is 0 Å². The van der Waals surface area contributed by atoms with Crippen LogP contribution in [-0.4, -0.2) is 20.7 Å². The molecule has 0 radical (unpaired) electrons. The smallest absolute Gasteiger partial charge is 0.260 e. The van der Waals surface area contributed by atoms with Crippen LogP contribution < -0.4 is 0 Å². The molecule has 18 heavy (non-hydrogen) atoms. The van der Waals surface area contributed by atoms with Crippen LogP contribution in [0.2, 0.25) is 0 Å². The molecule has 0 bridgehead atoms.